The summed E-state index contributed by atoms with van der Waals surface area (Å²) in [4.78, 5) is 12.3. The average Bonchev–Trinajstić information content (AvgIpc) is 3.42. The van der Waals surface area contributed by atoms with E-state index in [-0.39, 0.29) is 5.91 Å². The van der Waals surface area contributed by atoms with Gasteiger partial charge in [0, 0.05) is 17.7 Å². The van der Waals surface area contributed by atoms with E-state index in [4.69, 9.17) is 18.7 Å². The first-order valence-electron chi connectivity index (χ1n) is 8.68. The Morgan fingerprint density at radius 1 is 1.14 bits per heavy atom. The average molecular weight is 386 g/mol. The number of ether oxygens (including phenoxy) is 3. The van der Waals surface area contributed by atoms with E-state index in [9.17, 15) is 4.79 Å². The Kier molecular flexibility index (Phi) is 6.15. The fourth-order valence-electron chi connectivity index (χ4n) is 2.75. The van der Waals surface area contributed by atoms with Gasteiger partial charge in [0.25, 0.3) is 5.91 Å². The number of benzene rings is 1. The van der Waals surface area contributed by atoms with Crippen molar-refractivity contribution in [2.45, 2.75) is 12.8 Å². The van der Waals surface area contributed by atoms with Crippen LogP contribution in [0.3, 0.4) is 0 Å². The molecule has 0 aliphatic carbocycles. The summed E-state index contributed by atoms with van der Waals surface area (Å²) >= 11 is 0. The van der Waals surface area contributed by atoms with Crippen LogP contribution in [-0.2, 0) is 6.42 Å². The van der Waals surface area contributed by atoms with Crippen LogP contribution in [0.2, 0.25) is 0 Å². The van der Waals surface area contributed by atoms with E-state index < -0.39 is 0 Å². The predicted molar refractivity (Wildman–Crippen MR) is 101 cm³/mol. The Morgan fingerprint density at radius 2 is 1.89 bits per heavy atom. The fourth-order valence-corrected chi connectivity index (χ4v) is 2.75. The number of aromatic nitrogens is 3. The zero-order valence-corrected chi connectivity index (χ0v) is 15.9. The van der Waals surface area contributed by atoms with Crippen LogP contribution in [0, 0.1) is 0 Å². The van der Waals surface area contributed by atoms with Gasteiger partial charge in [0.1, 0.15) is 12.0 Å². The van der Waals surface area contributed by atoms with E-state index in [2.05, 4.69) is 20.7 Å². The largest absolute Gasteiger partial charge is 0.493 e. The van der Waals surface area contributed by atoms with Crippen LogP contribution in [0.4, 0.5) is 0 Å². The molecular weight excluding hydrogens is 364 g/mol. The van der Waals surface area contributed by atoms with E-state index in [0.717, 1.165) is 24.0 Å². The molecule has 2 heterocycles. The number of amides is 1. The molecule has 9 heteroatoms. The van der Waals surface area contributed by atoms with Crippen molar-refractivity contribution < 1.29 is 23.5 Å². The number of aromatic amines is 1. The summed E-state index contributed by atoms with van der Waals surface area (Å²) in [6.07, 6.45) is 4.82. The summed E-state index contributed by atoms with van der Waals surface area (Å²) in [6.45, 7) is 0.530. The molecule has 0 aliphatic heterocycles. The molecule has 9 nitrogen and oxygen atoms in total. The molecule has 0 unspecified atom stereocenters. The maximum Gasteiger partial charge on any atom is 0.269 e. The molecule has 148 valence electrons. The Morgan fingerprint density at radius 3 is 2.50 bits per heavy atom. The molecule has 1 aromatic carbocycles. The highest BCUT2D eigenvalue weighted by molar-refractivity contribution is 5.93. The number of carbonyl (C=O) groups excluding carboxylic acids is 1. The van der Waals surface area contributed by atoms with E-state index in [1.54, 1.807) is 52.0 Å². The second-order valence-corrected chi connectivity index (χ2v) is 5.97. The molecule has 2 N–H and O–H groups in total. The van der Waals surface area contributed by atoms with Gasteiger partial charge in [-0.05, 0) is 31.0 Å². The quantitative estimate of drug-likeness (QED) is 0.543. The third-order valence-corrected chi connectivity index (χ3v) is 4.19. The lowest BCUT2D eigenvalue weighted by Crippen LogP contribution is -2.25. The van der Waals surface area contributed by atoms with Crippen molar-refractivity contribution in [2.75, 3.05) is 27.9 Å². The number of aryl methyl sites for hydroxylation is 1. The molecule has 0 bridgehead atoms. The Hall–Kier alpha value is -3.49. The topological polar surface area (TPSA) is 112 Å². The van der Waals surface area contributed by atoms with Gasteiger partial charge >= 0.3 is 0 Å². The number of hydrogen-bond acceptors (Lipinski definition) is 7. The number of rotatable bonds is 9. The highest BCUT2D eigenvalue weighted by Crippen LogP contribution is 2.40. The molecule has 0 spiro atoms. The summed E-state index contributed by atoms with van der Waals surface area (Å²) < 4.78 is 20.8. The molecule has 0 saturated carbocycles. The zero-order chi connectivity index (χ0) is 19.9. The van der Waals surface area contributed by atoms with Crippen molar-refractivity contribution in [3.05, 3.63) is 41.9 Å². The molecule has 3 rings (SSSR count). The van der Waals surface area contributed by atoms with Crippen molar-refractivity contribution in [2.24, 2.45) is 0 Å². The first-order chi connectivity index (χ1) is 13.7. The molecule has 0 fully saturated rings. The normalized spacial score (nSPS) is 10.5. The molecular formula is C19H22N4O5. The van der Waals surface area contributed by atoms with Crippen molar-refractivity contribution >= 4 is 5.91 Å². The van der Waals surface area contributed by atoms with Gasteiger partial charge < -0.3 is 24.1 Å². The third kappa shape index (κ3) is 4.25. The van der Waals surface area contributed by atoms with Crippen LogP contribution in [-0.4, -0.2) is 49.1 Å². The van der Waals surface area contributed by atoms with Crippen molar-refractivity contribution in [1.82, 2.24) is 20.7 Å². The van der Waals surface area contributed by atoms with E-state index in [1.807, 2.05) is 0 Å². The monoisotopic (exact) mass is 386 g/mol. The van der Waals surface area contributed by atoms with Gasteiger partial charge in [-0.3, -0.25) is 9.89 Å². The molecule has 0 aliphatic rings. The SMILES string of the molecule is COc1cc(-c2cc(C(=O)NCCCc3cnoc3)[nH]n2)cc(OC)c1OC. The predicted octanol–water partition coefficient (Wildman–Crippen LogP) is 2.45. The molecule has 0 atom stereocenters. The molecule has 0 radical (unpaired) electrons. The minimum absolute atomic E-state index is 0.225. The molecule has 1 amide bonds. The van der Waals surface area contributed by atoms with Gasteiger partial charge in [0.15, 0.2) is 11.5 Å². The maximum atomic E-state index is 12.3. The number of nitrogens with one attached hydrogen (secondary N) is 2. The van der Waals surface area contributed by atoms with Crippen LogP contribution in [0.15, 0.2) is 35.2 Å². The number of carbonyl (C=O) groups is 1. The maximum absolute atomic E-state index is 12.3. The minimum atomic E-state index is -0.225. The molecule has 2 aromatic heterocycles. The fraction of sp³-hybridized carbons (Fsp3) is 0.316. The lowest BCUT2D eigenvalue weighted by atomic mass is 10.1. The van der Waals surface area contributed by atoms with Crippen LogP contribution in [0.1, 0.15) is 22.5 Å². The van der Waals surface area contributed by atoms with Gasteiger partial charge in [-0.15, -0.1) is 0 Å². The number of nitrogens with zero attached hydrogens (tertiary/aromatic N) is 2. The third-order valence-electron chi connectivity index (χ3n) is 4.19. The van der Waals surface area contributed by atoms with Crippen LogP contribution >= 0.6 is 0 Å². The van der Waals surface area contributed by atoms with E-state index >= 15 is 0 Å². The Labute approximate surface area is 162 Å². The highest BCUT2D eigenvalue weighted by Gasteiger charge is 2.17. The summed E-state index contributed by atoms with van der Waals surface area (Å²) in [5.41, 5.74) is 2.69. The summed E-state index contributed by atoms with van der Waals surface area (Å²) in [5.74, 6) is 1.30. The van der Waals surface area contributed by atoms with Gasteiger partial charge in [0.05, 0.1) is 33.2 Å². The zero-order valence-electron chi connectivity index (χ0n) is 15.9. The van der Waals surface area contributed by atoms with Gasteiger partial charge in [-0.25, -0.2) is 0 Å². The standard InChI is InChI=1S/C19H22N4O5/c1-25-16-7-13(8-17(26-2)18(16)27-3)14-9-15(23-22-14)19(24)20-6-4-5-12-10-21-28-11-12/h7-11H,4-6H2,1-3H3,(H,20,24)(H,22,23). The van der Waals surface area contributed by atoms with Crippen LogP contribution in [0.25, 0.3) is 11.3 Å². The van der Waals surface area contributed by atoms with Gasteiger partial charge in [-0.1, -0.05) is 5.16 Å². The van der Waals surface area contributed by atoms with Crippen molar-refractivity contribution in [3.63, 3.8) is 0 Å². The first-order valence-corrected chi connectivity index (χ1v) is 8.68. The summed E-state index contributed by atoms with van der Waals surface area (Å²) in [5, 5.41) is 13.5. The Balaban J connectivity index is 1.66. The van der Waals surface area contributed by atoms with Crippen molar-refractivity contribution in [1.29, 1.82) is 0 Å². The molecule has 3 aromatic rings. The first kappa shape index (κ1) is 19.3. The lowest BCUT2D eigenvalue weighted by Gasteiger charge is -2.13. The summed E-state index contributed by atoms with van der Waals surface area (Å²) in [6, 6.07) is 5.23. The number of H-pyrrole nitrogens is 1. The lowest BCUT2D eigenvalue weighted by molar-refractivity contribution is 0.0948. The highest BCUT2D eigenvalue weighted by atomic mass is 16.5. The number of methoxy groups -OCH3 is 3. The van der Waals surface area contributed by atoms with Gasteiger partial charge in [0.2, 0.25) is 5.75 Å². The minimum Gasteiger partial charge on any atom is -0.493 e. The second-order valence-electron chi connectivity index (χ2n) is 5.97. The summed E-state index contributed by atoms with van der Waals surface area (Å²) in [7, 11) is 4.63. The van der Waals surface area contributed by atoms with Crippen molar-refractivity contribution in [3.8, 4) is 28.5 Å². The van der Waals surface area contributed by atoms with Crippen LogP contribution in [0.5, 0.6) is 17.2 Å². The number of hydrogen-bond donors (Lipinski definition) is 2. The molecule has 28 heavy (non-hydrogen) atoms. The van der Waals surface area contributed by atoms with Gasteiger partial charge in [-0.2, -0.15) is 5.10 Å². The Bertz CT molecular complexity index is 895. The second kappa shape index (κ2) is 8.94. The smallest absolute Gasteiger partial charge is 0.269 e. The van der Waals surface area contributed by atoms with E-state index in [1.165, 1.54) is 0 Å². The van der Waals surface area contributed by atoms with Crippen LogP contribution < -0.4 is 19.5 Å². The molecule has 0 saturated heterocycles. The van der Waals surface area contributed by atoms with E-state index in [0.29, 0.717) is 35.2 Å².